The van der Waals surface area contributed by atoms with Gasteiger partial charge in [-0.3, -0.25) is 9.78 Å². The fourth-order valence-electron chi connectivity index (χ4n) is 3.14. The Morgan fingerprint density at radius 2 is 1.91 bits per heavy atom. The standard InChI is InChI=1S/C18H22N2O2/c1-11-3-8-17-15(9-11)16(10-12(2)19-17)18(22)20-13-4-6-14(21)7-5-13/h3,8-10,13-14,21H,4-7H2,1-2H3,(H,20,22). The number of carbonyl (C=O) groups is 1. The number of aromatic nitrogens is 1. The molecular weight excluding hydrogens is 276 g/mol. The van der Waals surface area contributed by atoms with Gasteiger partial charge in [0.1, 0.15) is 0 Å². The van der Waals surface area contributed by atoms with Gasteiger partial charge >= 0.3 is 0 Å². The maximum Gasteiger partial charge on any atom is 0.252 e. The van der Waals surface area contributed by atoms with Crippen LogP contribution in [-0.4, -0.2) is 28.1 Å². The second-order valence-electron chi connectivity index (χ2n) is 6.31. The highest BCUT2D eigenvalue weighted by Gasteiger charge is 2.22. The van der Waals surface area contributed by atoms with Gasteiger partial charge < -0.3 is 10.4 Å². The monoisotopic (exact) mass is 298 g/mol. The first kappa shape index (κ1) is 15.0. The van der Waals surface area contributed by atoms with Crippen LogP contribution in [0.15, 0.2) is 24.3 Å². The molecule has 4 heteroatoms. The molecule has 1 saturated carbocycles. The van der Waals surface area contributed by atoms with Crippen molar-refractivity contribution in [3.63, 3.8) is 0 Å². The molecule has 0 unspecified atom stereocenters. The number of rotatable bonds is 2. The van der Waals surface area contributed by atoms with E-state index in [4.69, 9.17) is 0 Å². The van der Waals surface area contributed by atoms with Crippen molar-refractivity contribution in [1.29, 1.82) is 0 Å². The van der Waals surface area contributed by atoms with Crippen molar-refractivity contribution in [1.82, 2.24) is 10.3 Å². The van der Waals surface area contributed by atoms with Crippen molar-refractivity contribution in [2.75, 3.05) is 0 Å². The number of carbonyl (C=O) groups excluding carboxylic acids is 1. The predicted molar refractivity (Wildman–Crippen MR) is 86.9 cm³/mol. The summed E-state index contributed by atoms with van der Waals surface area (Å²) in [6.45, 7) is 3.93. The van der Waals surface area contributed by atoms with Gasteiger partial charge in [0.25, 0.3) is 5.91 Å². The number of nitrogens with one attached hydrogen (secondary N) is 1. The van der Waals surface area contributed by atoms with E-state index in [9.17, 15) is 9.90 Å². The first-order valence-corrected chi connectivity index (χ1v) is 7.90. The summed E-state index contributed by atoms with van der Waals surface area (Å²) in [6.07, 6.45) is 3.00. The number of pyridine rings is 1. The molecule has 0 radical (unpaired) electrons. The van der Waals surface area contributed by atoms with E-state index in [2.05, 4.69) is 10.3 Å². The number of amides is 1. The molecule has 1 heterocycles. The molecule has 1 aliphatic carbocycles. The Morgan fingerprint density at radius 1 is 1.18 bits per heavy atom. The lowest BCUT2D eigenvalue weighted by Crippen LogP contribution is -2.38. The summed E-state index contributed by atoms with van der Waals surface area (Å²) in [5.74, 6) is -0.0394. The summed E-state index contributed by atoms with van der Waals surface area (Å²) in [6, 6.07) is 8.00. The highest BCUT2D eigenvalue weighted by molar-refractivity contribution is 6.06. The number of aliphatic hydroxyl groups excluding tert-OH is 1. The molecule has 3 rings (SSSR count). The lowest BCUT2D eigenvalue weighted by Gasteiger charge is -2.26. The molecule has 2 N–H and O–H groups in total. The minimum atomic E-state index is -0.209. The van der Waals surface area contributed by atoms with Gasteiger partial charge in [0.05, 0.1) is 17.2 Å². The first-order valence-electron chi connectivity index (χ1n) is 7.90. The van der Waals surface area contributed by atoms with E-state index in [1.807, 2.05) is 38.1 Å². The Labute approximate surface area is 130 Å². The van der Waals surface area contributed by atoms with E-state index in [0.717, 1.165) is 47.8 Å². The number of benzene rings is 1. The lowest BCUT2D eigenvalue weighted by molar-refractivity contribution is 0.0869. The highest BCUT2D eigenvalue weighted by Crippen LogP contribution is 2.22. The van der Waals surface area contributed by atoms with Crippen LogP contribution in [0.5, 0.6) is 0 Å². The number of hydrogen-bond acceptors (Lipinski definition) is 3. The van der Waals surface area contributed by atoms with Gasteiger partial charge in [-0.05, 0) is 57.7 Å². The molecular formula is C18H22N2O2. The Kier molecular flexibility index (Phi) is 4.12. The highest BCUT2D eigenvalue weighted by atomic mass is 16.3. The predicted octanol–water partition coefficient (Wildman–Crippen LogP) is 2.88. The lowest BCUT2D eigenvalue weighted by atomic mass is 9.93. The molecule has 0 bridgehead atoms. The van der Waals surface area contributed by atoms with Gasteiger partial charge in [-0.1, -0.05) is 11.6 Å². The first-order chi connectivity index (χ1) is 10.5. The molecule has 1 aliphatic rings. The molecule has 4 nitrogen and oxygen atoms in total. The van der Waals surface area contributed by atoms with Crippen LogP contribution in [-0.2, 0) is 0 Å². The molecule has 1 fully saturated rings. The third-order valence-corrected chi connectivity index (χ3v) is 4.37. The summed E-state index contributed by atoms with van der Waals surface area (Å²) in [5, 5.41) is 13.6. The zero-order chi connectivity index (χ0) is 15.7. The van der Waals surface area contributed by atoms with Crippen molar-refractivity contribution in [2.45, 2.75) is 51.7 Å². The summed E-state index contributed by atoms with van der Waals surface area (Å²) in [4.78, 5) is 17.2. The van der Waals surface area contributed by atoms with Crippen LogP contribution in [0, 0.1) is 13.8 Å². The van der Waals surface area contributed by atoms with Crippen LogP contribution >= 0.6 is 0 Å². The van der Waals surface area contributed by atoms with Gasteiger partial charge in [0, 0.05) is 17.1 Å². The molecule has 0 spiro atoms. The van der Waals surface area contributed by atoms with Crippen LogP contribution in [0.2, 0.25) is 0 Å². The second-order valence-corrected chi connectivity index (χ2v) is 6.31. The van der Waals surface area contributed by atoms with Crippen molar-refractivity contribution in [3.05, 3.63) is 41.1 Å². The maximum atomic E-state index is 12.7. The summed E-state index contributed by atoms with van der Waals surface area (Å²) >= 11 is 0. The Hall–Kier alpha value is -1.94. The molecule has 2 aromatic rings. The summed E-state index contributed by atoms with van der Waals surface area (Å²) < 4.78 is 0. The molecule has 0 saturated heterocycles. The van der Waals surface area contributed by atoms with E-state index in [1.54, 1.807) is 0 Å². The van der Waals surface area contributed by atoms with Crippen LogP contribution < -0.4 is 5.32 Å². The van der Waals surface area contributed by atoms with E-state index in [0.29, 0.717) is 5.56 Å². The molecule has 1 aromatic heterocycles. The minimum absolute atomic E-state index is 0.0394. The zero-order valence-electron chi connectivity index (χ0n) is 13.1. The maximum absolute atomic E-state index is 12.7. The van der Waals surface area contributed by atoms with Gasteiger partial charge in [-0.15, -0.1) is 0 Å². The van der Waals surface area contributed by atoms with Crippen molar-refractivity contribution in [2.24, 2.45) is 0 Å². The van der Waals surface area contributed by atoms with Gasteiger partial charge in [-0.25, -0.2) is 0 Å². The Balaban J connectivity index is 1.88. The minimum Gasteiger partial charge on any atom is -0.393 e. The molecule has 0 atom stereocenters. The quantitative estimate of drug-likeness (QED) is 0.896. The number of aliphatic hydroxyl groups is 1. The number of aryl methyl sites for hydroxylation is 2. The summed E-state index contributed by atoms with van der Waals surface area (Å²) in [5.41, 5.74) is 3.51. The summed E-state index contributed by atoms with van der Waals surface area (Å²) in [7, 11) is 0. The Morgan fingerprint density at radius 3 is 2.64 bits per heavy atom. The molecule has 1 amide bonds. The third-order valence-electron chi connectivity index (χ3n) is 4.37. The normalized spacial score (nSPS) is 21.8. The average molecular weight is 298 g/mol. The van der Waals surface area contributed by atoms with E-state index >= 15 is 0 Å². The topological polar surface area (TPSA) is 62.2 Å². The number of hydrogen-bond donors (Lipinski definition) is 2. The number of fused-ring (bicyclic) bond motifs is 1. The van der Waals surface area contributed by atoms with E-state index < -0.39 is 0 Å². The molecule has 22 heavy (non-hydrogen) atoms. The van der Waals surface area contributed by atoms with Crippen molar-refractivity contribution < 1.29 is 9.90 Å². The fraction of sp³-hybridized carbons (Fsp3) is 0.444. The zero-order valence-corrected chi connectivity index (χ0v) is 13.1. The Bertz CT molecular complexity index is 704. The van der Waals surface area contributed by atoms with Crippen LogP contribution in [0.1, 0.15) is 47.3 Å². The molecule has 116 valence electrons. The second kappa shape index (κ2) is 6.05. The van der Waals surface area contributed by atoms with Crippen molar-refractivity contribution >= 4 is 16.8 Å². The smallest absolute Gasteiger partial charge is 0.252 e. The fourth-order valence-corrected chi connectivity index (χ4v) is 3.14. The van der Waals surface area contributed by atoms with Gasteiger partial charge in [-0.2, -0.15) is 0 Å². The van der Waals surface area contributed by atoms with E-state index in [-0.39, 0.29) is 18.1 Å². The van der Waals surface area contributed by atoms with Crippen LogP contribution in [0.3, 0.4) is 0 Å². The largest absolute Gasteiger partial charge is 0.393 e. The molecule has 1 aromatic carbocycles. The SMILES string of the molecule is Cc1ccc2nc(C)cc(C(=O)NC3CCC(O)CC3)c2c1. The average Bonchev–Trinajstić information content (AvgIpc) is 2.49. The van der Waals surface area contributed by atoms with Gasteiger partial charge in [0.15, 0.2) is 0 Å². The number of nitrogens with zero attached hydrogens (tertiary/aromatic N) is 1. The van der Waals surface area contributed by atoms with E-state index in [1.165, 1.54) is 0 Å². The van der Waals surface area contributed by atoms with Crippen LogP contribution in [0.25, 0.3) is 10.9 Å². The molecule has 0 aliphatic heterocycles. The van der Waals surface area contributed by atoms with Crippen LogP contribution in [0.4, 0.5) is 0 Å². The van der Waals surface area contributed by atoms with Crippen molar-refractivity contribution in [3.8, 4) is 0 Å². The van der Waals surface area contributed by atoms with Gasteiger partial charge in [0.2, 0.25) is 0 Å². The third kappa shape index (κ3) is 3.12.